The summed E-state index contributed by atoms with van der Waals surface area (Å²) in [4.78, 5) is 14.4. The first kappa shape index (κ1) is 16.1. The predicted molar refractivity (Wildman–Crippen MR) is 80.1 cm³/mol. The summed E-state index contributed by atoms with van der Waals surface area (Å²) in [5.41, 5.74) is 7.02. The number of nitrogen functional groups attached to an aromatic ring is 1. The van der Waals surface area contributed by atoms with Crippen molar-refractivity contribution in [2.75, 3.05) is 18.8 Å². The van der Waals surface area contributed by atoms with Crippen molar-refractivity contribution in [3.05, 3.63) is 18.0 Å². The highest BCUT2D eigenvalue weighted by Crippen LogP contribution is 2.15. The van der Waals surface area contributed by atoms with Crippen LogP contribution < -0.4 is 5.73 Å². The predicted octanol–water partition coefficient (Wildman–Crippen LogP) is 2.49. The summed E-state index contributed by atoms with van der Waals surface area (Å²) >= 11 is 0. The van der Waals surface area contributed by atoms with E-state index in [0.29, 0.717) is 36.8 Å². The molecule has 5 nitrogen and oxygen atoms in total. The van der Waals surface area contributed by atoms with E-state index in [1.54, 1.807) is 17.2 Å². The Morgan fingerprint density at radius 1 is 1.55 bits per heavy atom. The lowest BCUT2D eigenvalue weighted by Crippen LogP contribution is -2.36. The van der Waals surface area contributed by atoms with Crippen LogP contribution in [0.5, 0.6) is 0 Å². The number of carbonyl (C=O) groups excluding carboxylic acids is 1. The Morgan fingerprint density at radius 3 is 2.80 bits per heavy atom. The number of nitrogens with zero attached hydrogens (tertiary/aromatic N) is 3. The summed E-state index contributed by atoms with van der Waals surface area (Å²) in [7, 11) is 0. The van der Waals surface area contributed by atoms with Crippen LogP contribution in [0.2, 0.25) is 0 Å². The topological polar surface area (TPSA) is 75.0 Å². The van der Waals surface area contributed by atoms with Crippen molar-refractivity contribution in [2.24, 2.45) is 5.92 Å². The fraction of sp³-hybridized carbons (Fsp3) is 0.600. The molecule has 0 unspecified atom stereocenters. The molecule has 0 bridgehead atoms. The molecule has 1 rings (SSSR count). The van der Waals surface area contributed by atoms with Crippen LogP contribution in [0.25, 0.3) is 0 Å². The van der Waals surface area contributed by atoms with Crippen LogP contribution in [0, 0.1) is 17.2 Å². The molecule has 0 spiro atoms. The number of anilines is 1. The maximum atomic E-state index is 12.6. The molecule has 20 heavy (non-hydrogen) atoms. The van der Waals surface area contributed by atoms with Gasteiger partial charge in [-0.2, -0.15) is 5.26 Å². The first-order valence-corrected chi connectivity index (χ1v) is 7.11. The second-order valence-electron chi connectivity index (χ2n) is 5.41. The molecule has 0 radical (unpaired) electrons. The summed E-state index contributed by atoms with van der Waals surface area (Å²) in [6, 6.07) is 3.82. The molecule has 1 aromatic heterocycles. The van der Waals surface area contributed by atoms with Crippen LogP contribution in [0.1, 0.15) is 44.1 Å². The zero-order valence-corrected chi connectivity index (χ0v) is 12.6. The Bertz CT molecular complexity index is 485. The zero-order chi connectivity index (χ0) is 15.1. The Labute approximate surface area is 121 Å². The molecule has 0 saturated heterocycles. The quantitative estimate of drug-likeness (QED) is 0.831. The van der Waals surface area contributed by atoms with E-state index in [0.717, 1.165) is 13.0 Å². The highest BCUT2D eigenvalue weighted by Gasteiger charge is 2.20. The van der Waals surface area contributed by atoms with Gasteiger partial charge in [0, 0.05) is 25.8 Å². The minimum Gasteiger partial charge on any atom is -0.397 e. The summed E-state index contributed by atoms with van der Waals surface area (Å²) in [5.74, 6) is 0.323. The number of hydrogen-bond acceptors (Lipinski definition) is 3. The van der Waals surface area contributed by atoms with Crippen molar-refractivity contribution >= 4 is 11.6 Å². The smallest absolute Gasteiger partial charge is 0.270 e. The van der Waals surface area contributed by atoms with Crippen LogP contribution in [0.3, 0.4) is 0 Å². The summed E-state index contributed by atoms with van der Waals surface area (Å²) < 4.78 is 1.90. The van der Waals surface area contributed by atoms with Gasteiger partial charge in [0.15, 0.2) is 0 Å². The van der Waals surface area contributed by atoms with Gasteiger partial charge in [-0.15, -0.1) is 0 Å². The van der Waals surface area contributed by atoms with E-state index in [1.165, 1.54) is 0 Å². The lowest BCUT2D eigenvalue weighted by molar-refractivity contribution is 0.0729. The molecule has 0 aliphatic heterocycles. The van der Waals surface area contributed by atoms with Crippen LogP contribution in [-0.2, 0) is 6.54 Å². The molecular formula is C15H24N4O. The third-order valence-corrected chi connectivity index (χ3v) is 2.97. The average molecular weight is 276 g/mol. The Balaban J connectivity index is 2.95. The molecule has 0 aromatic carbocycles. The van der Waals surface area contributed by atoms with Crippen LogP contribution in [0.15, 0.2) is 12.3 Å². The summed E-state index contributed by atoms with van der Waals surface area (Å²) in [6.07, 6.45) is 3.09. The van der Waals surface area contributed by atoms with Crippen LogP contribution >= 0.6 is 0 Å². The molecule has 110 valence electrons. The van der Waals surface area contributed by atoms with Gasteiger partial charge < -0.3 is 15.2 Å². The fourth-order valence-electron chi connectivity index (χ4n) is 2.20. The van der Waals surface area contributed by atoms with E-state index in [-0.39, 0.29) is 5.91 Å². The van der Waals surface area contributed by atoms with Gasteiger partial charge >= 0.3 is 0 Å². The van der Waals surface area contributed by atoms with E-state index in [2.05, 4.69) is 26.8 Å². The molecule has 0 atom stereocenters. The first-order chi connectivity index (χ1) is 9.49. The van der Waals surface area contributed by atoms with Crippen molar-refractivity contribution in [1.29, 1.82) is 5.26 Å². The number of amides is 1. The number of hydrogen-bond donors (Lipinski definition) is 1. The molecule has 5 heteroatoms. The minimum absolute atomic E-state index is 0.0425. The molecule has 0 aliphatic carbocycles. The van der Waals surface area contributed by atoms with Gasteiger partial charge in [-0.25, -0.2) is 0 Å². The van der Waals surface area contributed by atoms with Gasteiger partial charge in [0.25, 0.3) is 5.91 Å². The normalized spacial score (nSPS) is 10.6. The lowest BCUT2D eigenvalue weighted by Gasteiger charge is -2.24. The van der Waals surface area contributed by atoms with Crippen molar-refractivity contribution in [2.45, 2.75) is 40.2 Å². The molecule has 0 fully saturated rings. The molecule has 0 saturated carbocycles. The van der Waals surface area contributed by atoms with Gasteiger partial charge in [0.2, 0.25) is 0 Å². The fourth-order valence-corrected chi connectivity index (χ4v) is 2.20. The van der Waals surface area contributed by atoms with Crippen molar-refractivity contribution in [1.82, 2.24) is 9.47 Å². The second-order valence-corrected chi connectivity index (χ2v) is 5.41. The largest absolute Gasteiger partial charge is 0.397 e. The van der Waals surface area contributed by atoms with E-state index < -0.39 is 0 Å². The second kappa shape index (κ2) is 7.59. The third kappa shape index (κ3) is 4.30. The Morgan fingerprint density at radius 2 is 2.25 bits per heavy atom. The van der Waals surface area contributed by atoms with Gasteiger partial charge in [-0.3, -0.25) is 4.79 Å². The van der Waals surface area contributed by atoms with Gasteiger partial charge in [-0.05, 0) is 18.4 Å². The minimum atomic E-state index is -0.0425. The van der Waals surface area contributed by atoms with E-state index in [1.807, 2.05) is 4.57 Å². The van der Waals surface area contributed by atoms with Crippen molar-refractivity contribution < 1.29 is 4.79 Å². The monoisotopic (exact) mass is 276 g/mol. The van der Waals surface area contributed by atoms with E-state index in [4.69, 9.17) is 11.0 Å². The number of rotatable bonds is 7. The number of carbonyl (C=O) groups is 1. The summed E-state index contributed by atoms with van der Waals surface area (Å²) in [5, 5.41) is 8.73. The molecule has 2 N–H and O–H groups in total. The maximum absolute atomic E-state index is 12.6. The number of nitrogens with two attached hydrogens (primary N) is 1. The maximum Gasteiger partial charge on any atom is 0.270 e. The molecule has 1 aromatic rings. The van der Waals surface area contributed by atoms with Gasteiger partial charge in [0.05, 0.1) is 18.2 Å². The highest BCUT2D eigenvalue weighted by atomic mass is 16.2. The average Bonchev–Trinajstić information content (AvgIpc) is 2.74. The molecule has 1 amide bonds. The first-order valence-electron chi connectivity index (χ1n) is 7.11. The number of aromatic nitrogens is 1. The van der Waals surface area contributed by atoms with Gasteiger partial charge in [-0.1, -0.05) is 20.8 Å². The van der Waals surface area contributed by atoms with Crippen LogP contribution in [0.4, 0.5) is 5.69 Å². The van der Waals surface area contributed by atoms with Crippen LogP contribution in [-0.4, -0.2) is 28.5 Å². The third-order valence-electron chi connectivity index (χ3n) is 2.97. The van der Waals surface area contributed by atoms with Gasteiger partial charge in [0.1, 0.15) is 5.69 Å². The molecular weight excluding hydrogens is 252 g/mol. The summed E-state index contributed by atoms with van der Waals surface area (Å²) in [6.45, 7) is 8.07. The van der Waals surface area contributed by atoms with E-state index >= 15 is 0 Å². The standard InChI is InChI=1S/C15H24N4O/c1-4-7-18-11-13(17)9-14(18)15(20)19(8-5-6-16)10-12(2)3/h9,11-12H,4-5,7-8,10,17H2,1-3H3. The van der Waals surface area contributed by atoms with E-state index in [9.17, 15) is 4.79 Å². The van der Waals surface area contributed by atoms with Crippen molar-refractivity contribution in [3.8, 4) is 6.07 Å². The Kier molecular flexibility index (Phi) is 6.10. The highest BCUT2D eigenvalue weighted by molar-refractivity contribution is 5.93. The Hall–Kier alpha value is -1.96. The zero-order valence-electron chi connectivity index (χ0n) is 12.6. The lowest BCUT2D eigenvalue weighted by atomic mass is 10.2. The molecule has 0 aliphatic rings. The SMILES string of the molecule is CCCn1cc(N)cc1C(=O)N(CCC#N)CC(C)C. The molecule has 1 heterocycles. The van der Waals surface area contributed by atoms with Crippen molar-refractivity contribution in [3.63, 3.8) is 0 Å². The number of aryl methyl sites for hydroxylation is 1. The number of nitriles is 1.